The minimum Gasteiger partial charge on any atom is -0.475 e. The van der Waals surface area contributed by atoms with Gasteiger partial charge in [-0.2, -0.15) is 0 Å². The number of amides is 1. The lowest BCUT2D eigenvalue weighted by Crippen LogP contribution is -2.37. The van der Waals surface area contributed by atoms with Crippen molar-refractivity contribution in [2.24, 2.45) is 0 Å². The number of nitrogens with one attached hydrogen (secondary N) is 1. The molecule has 6 heteroatoms. The molecule has 0 saturated carbocycles. The molecule has 0 bridgehead atoms. The third-order valence-electron chi connectivity index (χ3n) is 4.03. The number of nitrogens with zero attached hydrogens (tertiary/aromatic N) is 1. The lowest BCUT2D eigenvalue weighted by atomic mass is 10.0. The van der Waals surface area contributed by atoms with E-state index in [0.29, 0.717) is 34.7 Å². The van der Waals surface area contributed by atoms with E-state index in [1.807, 2.05) is 6.92 Å². The molecule has 0 fully saturated rings. The van der Waals surface area contributed by atoms with Gasteiger partial charge in [-0.25, -0.2) is 4.39 Å². The van der Waals surface area contributed by atoms with Crippen LogP contribution in [0.2, 0.25) is 0 Å². The Bertz CT molecular complexity index is 735. The van der Waals surface area contributed by atoms with Gasteiger partial charge in [-0.05, 0) is 38.8 Å². The summed E-state index contributed by atoms with van der Waals surface area (Å²) in [7, 11) is 0. The highest BCUT2D eigenvalue weighted by Gasteiger charge is 2.31. The zero-order valence-corrected chi connectivity index (χ0v) is 13.4. The second kappa shape index (κ2) is 6.02. The Morgan fingerprint density at radius 2 is 2.13 bits per heavy atom. The number of aromatic nitrogens is 1. The molecular formula is C17H19FN2O3. The molecule has 0 saturated heterocycles. The van der Waals surface area contributed by atoms with E-state index in [2.05, 4.69) is 10.5 Å². The fraction of sp³-hybridized carbons (Fsp3) is 0.412. The van der Waals surface area contributed by atoms with Gasteiger partial charge in [-0.3, -0.25) is 4.79 Å². The molecule has 0 radical (unpaired) electrons. The average Bonchev–Trinajstić information content (AvgIpc) is 2.85. The molecule has 1 aromatic carbocycles. The summed E-state index contributed by atoms with van der Waals surface area (Å²) in [5.74, 6) is -0.0965. The summed E-state index contributed by atoms with van der Waals surface area (Å²) in [6.45, 7) is 5.53. The van der Waals surface area contributed by atoms with Crippen LogP contribution in [0.25, 0.3) is 11.1 Å². The standard InChI is InChI=1S/C17H19FN2O3/c1-4-5-6-13-17(21)19-12-8-7-11(15(18)16(12)22-13)14-9(2)20-23-10(14)3/h7-8,13H,4-6H2,1-3H3,(H,19,21). The van der Waals surface area contributed by atoms with E-state index in [4.69, 9.17) is 9.26 Å². The van der Waals surface area contributed by atoms with Crippen LogP contribution in [0.5, 0.6) is 5.75 Å². The van der Waals surface area contributed by atoms with Crippen LogP contribution >= 0.6 is 0 Å². The highest BCUT2D eigenvalue weighted by atomic mass is 19.1. The van der Waals surface area contributed by atoms with Crippen molar-refractivity contribution in [1.82, 2.24) is 5.16 Å². The third kappa shape index (κ3) is 2.69. The fourth-order valence-electron chi connectivity index (χ4n) is 2.82. The van der Waals surface area contributed by atoms with E-state index in [0.717, 1.165) is 12.8 Å². The Kier molecular flexibility index (Phi) is 4.07. The number of halogens is 1. The predicted octanol–water partition coefficient (Wildman–Crippen LogP) is 3.99. The van der Waals surface area contributed by atoms with Gasteiger partial charge in [-0.1, -0.05) is 18.5 Å². The summed E-state index contributed by atoms with van der Waals surface area (Å²) in [6, 6.07) is 3.25. The van der Waals surface area contributed by atoms with Gasteiger partial charge in [0.05, 0.1) is 16.9 Å². The number of ether oxygens (including phenoxy) is 1. The first kappa shape index (κ1) is 15.5. The molecule has 1 aliphatic rings. The summed E-state index contributed by atoms with van der Waals surface area (Å²) in [4.78, 5) is 12.0. The van der Waals surface area contributed by atoms with Crippen LogP contribution in [0.4, 0.5) is 10.1 Å². The van der Waals surface area contributed by atoms with E-state index < -0.39 is 11.9 Å². The Morgan fingerprint density at radius 1 is 1.35 bits per heavy atom. The normalized spacial score (nSPS) is 16.7. The summed E-state index contributed by atoms with van der Waals surface area (Å²) < 4.78 is 25.7. The van der Waals surface area contributed by atoms with Gasteiger partial charge in [0.25, 0.3) is 5.91 Å². The third-order valence-corrected chi connectivity index (χ3v) is 4.03. The molecular weight excluding hydrogens is 299 g/mol. The SMILES string of the molecule is CCCCC1Oc2c(ccc(-c3c(C)noc3C)c2F)NC1=O. The maximum absolute atomic E-state index is 15.0. The van der Waals surface area contributed by atoms with Crippen molar-refractivity contribution in [3.05, 3.63) is 29.4 Å². The summed E-state index contributed by atoms with van der Waals surface area (Å²) in [6.07, 6.45) is 1.70. The van der Waals surface area contributed by atoms with Gasteiger partial charge >= 0.3 is 0 Å². The molecule has 1 N–H and O–H groups in total. The number of carbonyl (C=O) groups excluding carboxylic acids is 1. The van der Waals surface area contributed by atoms with Crippen molar-refractivity contribution in [3.63, 3.8) is 0 Å². The number of unbranched alkanes of at least 4 members (excludes halogenated alkanes) is 1. The first-order valence-electron chi connectivity index (χ1n) is 7.76. The maximum Gasteiger partial charge on any atom is 0.265 e. The van der Waals surface area contributed by atoms with E-state index in [1.165, 1.54) is 0 Å². The largest absolute Gasteiger partial charge is 0.475 e. The van der Waals surface area contributed by atoms with Crippen LogP contribution in [0.3, 0.4) is 0 Å². The van der Waals surface area contributed by atoms with E-state index in [9.17, 15) is 9.18 Å². The first-order valence-corrected chi connectivity index (χ1v) is 7.76. The Morgan fingerprint density at radius 3 is 2.78 bits per heavy atom. The number of aryl methyl sites for hydroxylation is 2. The molecule has 5 nitrogen and oxygen atoms in total. The number of carbonyl (C=O) groups is 1. The summed E-state index contributed by atoms with van der Waals surface area (Å²) in [5.41, 5.74) is 1.96. The van der Waals surface area contributed by atoms with Crippen LogP contribution in [-0.2, 0) is 4.79 Å². The smallest absolute Gasteiger partial charge is 0.265 e. The predicted molar refractivity (Wildman–Crippen MR) is 83.9 cm³/mol. The second-order valence-electron chi connectivity index (χ2n) is 5.74. The lowest BCUT2D eigenvalue weighted by molar-refractivity contribution is -0.123. The molecule has 1 aliphatic heterocycles. The quantitative estimate of drug-likeness (QED) is 0.926. The van der Waals surface area contributed by atoms with E-state index in [1.54, 1.807) is 26.0 Å². The highest BCUT2D eigenvalue weighted by molar-refractivity contribution is 5.98. The minimum atomic E-state index is -0.656. The molecule has 1 atom stereocenters. The molecule has 2 aromatic rings. The number of benzene rings is 1. The molecule has 0 spiro atoms. The summed E-state index contributed by atoms with van der Waals surface area (Å²) in [5, 5.41) is 6.58. The number of hydrogen-bond acceptors (Lipinski definition) is 4. The lowest BCUT2D eigenvalue weighted by Gasteiger charge is -2.26. The minimum absolute atomic E-state index is 0.0863. The Labute approximate surface area is 133 Å². The van der Waals surface area contributed by atoms with Crippen LogP contribution in [0, 0.1) is 19.7 Å². The van der Waals surface area contributed by atoms with Gasteiger partial charge in [0, 0.05) is 5.56 Å². The molecule has 1 aromatic heterocycles. The molecule has 1 amide bonds. The second-order valence-corrected chi connectivity index (χ2v) is 5.74. The number of fused-ring (bicyclic) bond motifs is 1. The average molecular weight is 318 g/mol. The topological polar surface area (TPSA) is 64.4 Å². The monoisotopic (exact) mass is 318 g/mol. The van der Waals surface area contributed by atoms with Crippen molar-refractivity contribution in [3.8, 4) is 16.9 Å². The number of rotatable bonds is 4. The van der Waals surface area contributed by atoms with Crippen molar-refractivity contribution >= 4 is 11.6 Å². The zero-order chi connectivity index (χ0) is 16.6. The Balaban J connectivity index is 2.01. The molecule has 2 heterocycles. The number of anilines is 1. The van der Waals surface area contributed by atoms with Crippen molar-refractivity contribution in [2.75, 3.05) is 5.32 Å². The summed E-state index contributed by atoms with van der Waals surface area (Å²) >= 11 is 0. The van der Waals surface area contributed by atoms with Gasteiger partial charge in [0.15, 0.2) is 17.7 Å². The first-order chi connectivity index (χ1) is 11.0. The van der Waals surface area contributed by atoms with Crippen molar-refractivity contribution in [2.45, 2.75) is 46.1 Å². The molecule has 3 rings (SSSR count). The molecule has 23 heavy (non-hydrogen) atoms. The van der Waals surface area contributed by atoms with Crippen molar-refractivity contribution < 1.29 is 18.4 Å². The van der Waals surface area contributed by atoms with Crippen molar-refractivity contribution in [1.29, 1.82) is 0 Å². The molecule has 122 valence electrons. The van der Waals surface area contributed by atoms with Gasteiger partial charge in [0.1, 0.15) is 5.76 Å². The van der Waals surface area contributed by atoms with Gasteiger partial charge in [0.2, 0.25) is 0 Å². The highest BCUT2D eigenvalue weighted by Crippen LogP contribution is 2.40. The fourth-order valence-corrected chi connectivity index (χ4v) is 2.82. The zero-order valence-electron chi connectivity index (χ0n) is 13.4. The Hall–Kier alpha value is -2.37. The van der Waals surface area contributed by atoms with E-state index >= 15 is 0 Å². The number of hydrogen-bond donors (Lipinski definition) is 1. The van der Waals surface area contributed by atoms with Crippen LogP contribution in [0.15, 0.2) is 16.7 Å². The van der Waals surface area contributed by atoms with Crippen LogP contribution in [-0.4, -0.2) is 17.2 Å². The van der Waals surface area contributed by atoms with Gasteiger partial charge in [-0.15, -0.1) is 0 Å². The maximum atomic E-state index is 15.0. The van der Waals surface area contributed by atoms with E-state index in [-0.39, 0.29) is 11.7 Å². The van der Waals surface area contributed by atoms with Gasteiger partial charge < -0.3 is 14.6 Å². The molecule has 1 unspecified atom stereocenters. The van der Waals surface area contributed by atoms with Crippen LogP contribution < -0.4 is 10.1 Å². The van der Waals surface area contributed by atoms with Crippen LogP contribution in [0.1, 0.15) is 37.6 Å². The molecule has 0 aliphatic carbocycles.